The van der Waals surface area contributed by atoms with E-state index in [0.717, 1.165) is 0 Å². The van der Waals surface area contributed by atoms with Gasteiger partial charge in [0.05, 0.1) is 35.0 Å². The first kappa shape index (κ1) is 41.0. The molecule has 0 bridgehead atoms. The largest absolute Gasteiger partial charge is 0.492 e. The van der Waals surface area contributed by atoms with Gasteiger partial charge in [-0.2, -0.15) is 5.26 Å². The Kier molecular flexibility index (Phi) is 12.9. The van der Waals surface area contributed by atoms with E-state index in [4.69, 9.17) is 30.5 Å². The molecular weight excluding hydrogens is 708 g/mol. The van der Waals surface area contributed by atoms with Gasteiger partial charge in [-0.1, -0.05) is 24.3 Å². The number of anilines is 2. The zero-order chi connectivity index (χ0) is 40.0. The van der Waals surface area contributed by atoms with Gasteiger partial charge in [0.15, 0.2) is 0 Å². The summed E-state index contributed by atoms with van der Waals surface area (Å²) in [5, 5.41) is 10.4. The molecule has 1 aromatic heterocycles. The summed E-state index contributed by atoms with van der Waals surface area (Å²) in [7, 11) is 3.40. The van der Waals surface area contributed by atoms with Gasteiger partial charge in [0, 0.05) is 47.8 Å². The molecule has 11 nitrogen and oxygen atoms in total. The Bertz CT molecular complexity index is 2070. The Morgan fingerprint density at radius 2 is 1.54 bits per heavy atom. The van der Waals surface area contributed by atoms with Crippen LogP contribution in [0.3, 0.4) is 0 Å². The van der Waals surface area contributed by atoms with E-state index in [1.807, 2.05) is 4.57 Å². The summed E-state index contributed by atoms with van der Waals surface area (Å²) < 4.78 is 24.7. The number of nitrogens with zero attached hydrogens (tertiary/aromatic N) is 4. The lowest BCUT2D eigenvalue weighted by Gasteiger charge is -2.25. The predicted octanol–water partition coefficient (Wildman–Crippen LogP) is 9.27. The Labute approximate surface area is 322 Å². The molecule has 54 heavy (non-hydrogen) atoms. The lowest BCUT2D eigenvalue weighted by molar-refractivity contribution is 0.00697. The van der Waals surface area contributed by atoms with Crippen LogP contribution < -0.4 is 14.4 Å². The molecule has 0 aliphatic heterocycles. The normalized spacial score (nSPS) is 11.3. The Morgan fingerprint density at radius 1 is 0.870 bits per heavy atom. The molecule has 0 atom stereocenters. The quantitative estimate of drug-likeness (QED) is 0.104. The van der Waals surface area contributed by atoms with E-state index in [9.17, 15) is 19.6 Å². The first-order valence-electron chi connectivity index (χ1n) is 17.3. The number of carbonyl (C=O) groups is 3. The van der Waals surface area contributed by atoms with Crippen LogP contribution in [-0.4, -0.2) is 65.4 Å². The topological polar surface area (TPSA) is 123 Å². The molecule has 0 unspecified atom stereocenters. The second-order valence-corrected chi connectivity index (χ2v) is 15.0. The Balaban J connectivity index is 1.79. The molecule has 2 amide bonds. The van der Waals surface area contributed by atoms with E-state index in [0.29, 0.717) is 62.6 Å². The summed E-state index contributed by atoms with van der Waals surface area (Å²) >= 11 is 6.44. The van der Waals surface area contributed by atoms with Gasteiger partial charge in [-0.3, -0.25) is 9.69 Å². The highest BCUT2D eigenvalue weighted by molar-refractivity contribution is 6.31. The summed E-state index contributed by atoms with van der Waals surface area (Å²) in [6, 6.07) is 20.5. The second kappa shape index (κ2) is 16.9. The maximum atomic E-state index is 14.9. The predicted molar refractivity (Wildman–Crippen MR) is 210 cm³/mol. The van der Waals surface area contributed by atoms with Crippen LogP contribution >= 0.6 is 11.6 Å². The molecule has 0 aliphatic carbocycles. The summed E-state index contributed by atoms with van der Waals surface area (Å²) in [5.41, 5.74) is 2.00. The van der Waals surface area contributed by atoms with Gasteiger partial charge in [0.25, 0.3) is 5.91 Å². The van der Waals surface area contributed by atoms with E-state index in [1.54, 1.807) is 135 Å². The van der Waals surface area contributed by atoms with Crippen molar-refractivity contribution < 1.29 is 33.3 Å². The third-order valence-electron chi connectivity index (χ3n) is 7.99. The molecule has 0 N–H and O–H groups in total. The van der Waals surface area contributed by atoms with Gasteiger partial charge in [-0.25, -0.2) is 9.59 Å². The van der Waals surface area contributed by atoms with Crippen molar-refractivity contribution in [2.45, 2.75) is 59.7 Å². The van der Waals surface area contributed by atoms with Crippen LogP contribution in [0, 0.1) is 18.3 Å². The number of esters is 1. The molecule has 0 radical (unpaired) electrons. The minimum absolute atomic E-state index is 0.0914. The first-order valence-corrected chi connectivity index (χ1v) is 17.7. The van der Waals surface area contributed by atoms with Crippen LogP contribution in [-0.2, 0) is 16.5 Å². The lowest BCUT2D eigenvalue weighted by Crippen LogP contribution is -2.36. The second-order valence-electron chi connectivity index (χ2n) is 14.6. The Hall–Kier alpha value is -5.73. The zero-order valence-electron chi connectivity index (χ0n) is 32.3. The van der Waals surface area contributed by atoms with E-state index in [2.05, 4.69) is 12.6 Å². The number of benzene rings is 3. The summed E-state index contributed by atoms with van der Waals surface area (Å²) in [4.78, 5) is 43.6. The molecule has 3 aromatic carbocycles. The number of ether oxygens (including phenoxy) is 4. The number of likely N-dealkylation sites (N-methyl/N-ethyl adjacent to an activating group) is 1. The highest BCUT2D eigenvalue weighted by Crippen LogP contribution is 2.36. The van der Waals surface area contributed by atoms with Crippen molar-refractivity contribution in [3.63, 3.8) is 0 Å². The molecule has 1 heterocycles. The average molecular weight is 755 g/mol. The fourth-order valence-electron chi connectivity index (χ4n) is 5.36. The minimum atomic E-state index is -0.736. The number of carbonyl (C=O) groups excluding carboxylic acids is 3. The van der Waals surface area contributed by atoms with Gasteiger partial charge < -0.3 is 28.4 Å². The molecule has 0 fully saturated rings. The zero-order valence-corrected chi connectivity index (χ0v) is 33.0. The van der Waals surface area contributed by atoms with Crippen LogP contribution in [0.4, 0.5) is 16.2 Å². The van der Waals surface area contributed by atoms with Crippen molar-refractivity contribution in [3.8, 4) is 28.8 Å². The highest BCUT2D eigenvalue weighted by atomic mass is 35.5. The monoisotopic (exact) mass is 754 g/mol. The number of nitriles is 1. The Morgan fingerprint density at radius 3 is 2.15 bits per heavy atom. The van der Waals surface area contributed by atoms with E-state index >= 15 is 0 Å². The fourth-order valence-corrected chi connectivity index (χ4v) is 5.53. The van der Waals surface area contributed by atoms with Crippen molar-refractivity contribution >= 4 is 40.9 Å². The van der Waals surface area contributed by atoms with Crippen LogP contribution in [0.1, 0.15) is 73.5 Å². The van der Waals surface area contributed by atoms with Crippen LogP contribution in [0.5, 0.6) is 11.5 Å². The van der Waals surface area contributed by atoms with Crippen LogP contribution in [0.2, 0.25) is 5.02 Å². The van der Waals surface area contributed by atoms with Gasteiger partial charge >= 0.3 is 12.1 Å². The fraction of sp³-hybridized carbons (Fsp3) is 0.333. The molecule has 0 spiro atoms. The van der Waals surface area contributed by atoms with E-state index in [1.165, 1.54) is 9.80 Å². The van der Waals surface area contributed by atoms with Crippen molar-refractivity contribution in [1.82, 2.24) is 9.47 Å². The summed E-state index contributed by atoms with van der Waals surface area (Å²) in [6.45, 7) is 16.8. The van der Waals surface area contributed by atoms with E-state index in [-0.39, 0.29) is 18.7 Å². The molecule has 284 valence electrons. The van der Waals surface area contributed by atoms with Gasteiger partial charge in [-0.05, 0) is 109 Å². The first-order chi connectivity index (χ1) is 25.3. The number of halogens is 1. The lowest BCUT2D eigenvalue weighted by atomic mass is 10.0. The number of aromatic nitrogens is 1. The molecule has 12 heteroatoms. The van der Waals surface area contributed by atoms with Crippen molar-refractivity contribution in [2.24, 2.45) is 7.05 Å². The standard InChI is InChI=1S/C42H47ClN4O7/c1-11-19-51-32-15-13-30(14-16-32)47(31-21-28(26-44)22-33(24-31)52-20-18-45(9)40(50)54-42(6,7)8)38(48)35-25-37(46(10)27(35)2)36-23-29(43)12-17-34(36)39(49)53-41(3,4)5/h11-17,21-25H,1,18-20H2,2-10H3. The third-order valence-corrected chi connectivity index (χ3v) is 8.22. The van der Waals surface area contributed by atoms with Crippen LogP contribution in [0.25, 0.3) is 11.3 Å². The maximum absolute atomic E-state index is 14.9. The number of rotatable bonds is 12. The van der Waals surface area contributed by atoms with Crippen molar-refractivity contribution in [1.29, 1.82) is 5.26 Å². The number of hydrogen-bond acceptors (Lipinski definition) is 8. The van der Waals surface area contributed by atoms with Crippen molar-refractivity contribution in [2.75, 3.05) is 31.7 Å². The highest BCUT2D eigenvalue weighted by Gasteiger charge is 2.28. The molecule has 0 saturated carbocycles. The molecule has 0 aliphatic rings. The number of hydrogen-bond donors (Lipinski definition) is 0. The SMILES string of the molecule is C=CCOc1ccc(N(C(=O)c2cc(-c3cc(Cl)ccc3C(=O)OC(C)(C)C)n(C)c2C)c2cc(C#N)cc(OCCN(C)C(=O)OC(C)(C)C)c2)cc1. The van der Waals surface area contributed by atoms with Gasteiger partial charge in [0.1, 0.15) is 35.9 Å². The van der Waals surface area contributed by atoms with Crippen LogP contribution in [0.15, 0.2) is 79.4 Å². The summed E-state index contributed by atoms with van der Waals surface area (Å²) in [5.74, 6) is -0.0550. The molecular formula is C42H47ClN4O7. The molecule has 4 aromatic rings. The summed E-state index contributed by atoms with van der Waals surface area (Å²) in [6.07, 6.45) is 1.14. The number of amides is 2. The third kappa shape index (κ3) is 10.4. The average Bonchev–Trinajstić information content (AvgIpc) is 3.39. The van der Waals surface area contributed by atoms with Gasteiger partial charge in [0.2, 0.25) is 0 Å². The smallest absolute Gasteiger partial charge is 0.410 e. The molecule has 0 saturated heterocycles. The minimum Gasteiger partial charge on any atom is -0.492 e. The maximum Gasteiger partial charge on any atom is 0.410 e. The van der Waals surface area contributed by atoms with Gasteiger partial charge in [-0.15, -0.1) is 0 Å². The molecule has 4 rings (SSSR count). The van der Waals surface area contributed by atoms with E-state index < -0.39 is 29.2 Å². The van der Waals surface area contributed by atoms with Crippen molar-refractivity contribution in [3.05, 3.63) is 107 Å².